The smallest absolute Gasteiger partial charge is 0.151 e. The second-order valence-corrected chi connectivity index (χ2v) is 7.01. The van der Waals surface area contributed by atoms with E-state index in [2.05, 4.69) is 46.1 Å². The summed E-state index contributed by atoms with van der Waals surface area (Å²) in [6.07, 6.45) is 4.10. The first-order chi connectivity index (χ1) is 12.7. The van der Waals surface area contributed by atoms with Gasteiger partial charge in [-0.3, -0.25) is 4.90 Å². The van der Waals surface area contributed by atoms with Gasteiger partial charge in [0.05, 0.1) is 12.1 Å². The van der Waals surface area contributed by atoms with Crippen LogP contribution < -0.4 is 4.90 Å². The molecule has 1 aromatic carbocycles. The Morgan fingerprint density at radius 1 is 1.15 bits per heavy atom. The molecule has 26 heavy (non-hydrogen) atoms. The lowest BCUT2D eigenvalue weighted by Crippen LogP contribution is -2.39. The zero-order chi connectivity index (χ0) is 17.9. The van der Waals surface area contributed by atoms with E-state index in [1.54, 1.807) is 6.20 Å². The van der Waals surface area contributed by atoms with Crippen LogP contribution in [0.1, 0.15) is 24.4 Å². The number of fused-ring (bicyclic) bond motifs is 1. The van der Waals surface area contributed by atoms with Gasteiger partial charge in [0.1, 0.15) is 5.82 Å². The van der Waals surface area contributed by atoms with Crippen molar-refractivity contribution >= 4 is 16.7 Å². The molecule has 6 heteroatoms. The molecule has 3 heterocycles. The number of aryl methyl sites for hydroxylation is 1. The summed E-state index contributed by atoms with van der Waals surface area (Å²) in [6.45, 7) is 4.81. The maximum absolute atomic E-state index is 4.74. The predicted molar refractivity (Wildman–Crippen MR) is 103 cm³/mol. The zero-order valence-corrected chi connectivity index (χ0v) is 15.3. The molecule has 0 bridgehead atoms. The molecule has 1 aliphatic heterocycles. The Labute approximate surface area is 153 Å². The van der Waals surface area contributed by atoms with Crippen molar-refractivity contribution in [1.29, 1.82) is 0 Å². The average molecular weight is 348 g/mol. The van der Waals surface area contributed by atoms with E-state index in [0.717, 1.165) is 47.9 Å². The van der Waals surface area contributed by atoms with E-state index in [0.29, 0.717) is 6.04 Å². The Morgan fingerprint density at radius 3 is 2.88 bits per heavy atom. The van der Waals surface area contributed by atoms with Gasteiger partial charge in [-0.1, -0.05) is 18.2 Å². The van der Waals surface area contributed by atoms with Crippen LogP contribution in [0.3, 0.4) is 0 Å². The van der Waals surface area contributed by atoms with Crippen molar-refractivity contribution in [2.45, 2.75) is 32.4 Å². The Kier molecular flexibility index (Phi) is 4.75. The summed E-state index contributed by atoms with van der Waals surface area (Å²) < 4.78 is 0. The van der Waals surface area contributed by atoms with Crippen molar-refractivity contribution in [2.75, 3.05) is 25.0 Å². The van der Waals surface area contributed by atoms with Gasteiger partial charge < -0.3 is 4.90 Å². The third-order valence-electron chi connectivity index (χ3n) is 5.00. The van der Waals surface area contributed by atoms with Crippen LogP contribution in [0.2, 0.25) is 0 Å². The summed E-state index contributed by atoms with van der Waals surface area (Å²) in [6, 6.07) is 12.6. The van der Waals surface area contributed by atoms with E-state index in [4.69, 9.17) is 9.97 Å². The Balaban J connectivity index is 1.46. The molecular formula is C20H24N6. The highest BCUT2D eigenvalue weighted by Crippen LogP contribution is 2.24. The minimum absolute atomic E-state index is 0.457. The van der Waals surface area contributed by atoms with Crippen molar-refractivity contribution < 1.29 is 0 Å². The van der Waals surface area contributed by atoms with Crippen molar-refractivity contribution in [3.63, 3.8) is 0 Å². The molecule has 3 aromatic rings. The van der Waals surface area contributed by atoms with Gasteiger partial charge in [-0.15, -0.1) is 5.10 Å². The van der Waals surface area contributed by atoms with E-state index in [9.17, 15) is 0 Å². The number of aromatic nitrogens is 4. The minimum Gasteiger partial charge on any atom is -0.351 e. The third kappa shape index (κ3) is 3.51. The van der Waals surface area contributed by atoms with Crippen LogP contribution >= 0.6 is 0 Å². The number of hydrogen-bond donors (Lipinski definition) is 0. The summed E-state index contributed by atoms with van der Waals surface area (Å²) in [5.41, 5.74) is 2.06. The molecule has 6 nitrogen and oxygen atoms in total. The summed E-state index contributed by atoms with van der Waals surface area (Å²) in [7, 11) is 2.14. The molecule has 1 atom stereocenters. The van der Waals surface area contributed by atoms with E-state index < -0.39 is 0 Å². The Morgan fingerprint density at radius 2 is 2.04 bits per heavy atom. The van der Waals surface area contributed by atoms with Crippen LogP contribution in [-0.2, 0) is 6.54 Å². The van der Waals surface area contributed by atoms with Crippen molar-refractivity contribution in [3.8, 4) is 0 Å². The average Bonchev–Trinajstić information content (AvgIpc) is 3.10. The van der Waals surface area contributed by atoms with Gasteiger partial charge in [0.2, 0.25) is 0 Å². The summed E-state index contributed by atoms with van der Waals surface area (Å²) in [5, 5.41) is 9.43. The number of rotatable bonds is 5. The first-order valence-corrected chi connectivity index (χ1v) is 9.16. The number of nitrogens with zero attached hydrogens (tertiary/aromatic N) is 6. The molecule has 0 aliphatic carbocycles. The van der Waals surface area contributed by atoms with Gasteiger partial charge >= 0.3 is 0 Å². The number of para-hydroxylation sites is 1. The quantitative estimate of drug-likeness (QED) is 0.707. The van der Waals surface area contributed by atoms with Gasteiger partial charge in [0.25, 0.3) is 0 Å². The predicted octanol–water partition coefficient (Wildman–Crippen LogP) is 2.83. The summed E-state index contributed by atoms with van der Waals surface area (Å²) >= 11 is 0. The molecular weight excluding hydrogens is 324 g/mol. The fourth-order valence-corrected chi connectivity index (χ4v) is 3.81. The van der Waals surface area contributed by atoms with Crippen LogP contribution in [0.4, 0.5) is 5.82 Å². The van der Waals surface area contributed by atoms with E-state index in [1.807, 2.05) is 24.3 Å². The molecule has 1 saturated heterocycles. The molecule has 0 amide bonds. The Hall–Kier alpha value is -2.60. The molecule has 134 valence electrons. The van der Waals surface area contributed by atoms with Crippen LogP contribution in [0.5, 0.6) is 0 Å². The number of benzene rings is 1. The summed E-state index contributed by atoms with van der Waals surface area (Å²) in [5.74, 6) is 1.86. The second-order valence-electron chi connectivity index (χ2n) is 7.01. The SMILES string of the molecule is Cc1nc(CN(C)C[C@@H]2CCCN2c2cccnn2)nc2ccccc12. The lowest BCUT2D eigenvalue weighted by molar-refractivity contribution is 0.296. The monoisotopic (exact) mass is 348 g/mol. The van der Waals surface area contributed by atoms with Crippen LogP contribution in [0, 0.1) is 6.92 Å². The fourth-order valence-electron chi connectivity index (χ4n) is 3.81. The molecule has 1 aliphatic rings. The van der Waals surface area contributed by atoms with Crippen LogP contribution in [0.25, 0.3) is 10.9 Å². The van der Waals surface area contributed by atoms with Gasteiger partial charge in [0.15, 0.2) is 5.82 Å². The Bertz CT molecular complexity index is 882. The normalized spacial score (nSPS) is 17.3. The van der Waals surface area contributed by atoms with Gasteiger partial charge in [-0.2, -0.15) is 5.10 Å². The van der Waals surface area contributed by atoms with Crippen molar-refractivity contribution in [1.82, 2.24) is 25.1 Å². The number of hydrogen-bond acceptors (Lipinski definition) is 6. The first kappa shape index (κ1) is 16.8. The molecule has 0 spiro atoms. The van der Waals surface area contributed by atoms with E-state index in [1.165, 1.54) is 12.8 Å². The minimum atomic E-state index is 0.457. The maximum Gasteiger partial charge on any atom is 0.151 e. The molecule has 0 unspecified atom stereocenters. The largest absolute Gasteiger partial charge is 0.351 e. The molecule has 0 saturated carbocycles. The maximum atomic E-state index is 4.74. The van der Waals surface area contributed by atoms with Crippen LogP contribution in [-0.4, -0.2) is 51.2 Å². The zero-order valence-electron chi connectivity index (χ0n) is 15.3. The lowest BCUT2D eigenvalue weighted by Gasteiger charge is -2.29. The first-order valence-electron chi connectivity index (χ1n) is 9.16. The molecule has 0 N–H and O–H groups in total. The standard InChI is InChI=1S/C20H24N6/c1-15-17-8-3-4-9-18(17)23-19(22-15)14-25(2)13-16-7-6-12-26(16)20-10-5-11-21-24-20/h3-5,8-11,16H,6-7,12-14H2,1-2H3/t16-/m0/s1. The topological polar surface area (TPSA) is 58.0 Å². The number of likely N-dealkylation sites (N-methyl/N-ethyl adjacent to an activating group) is 1. The van der Waals surface area contributed by atoms with E-state index >= 15 is 0 Å². The highest BCUT2D eigenvalue weighted by atomic mass is 15.3. The molecule has 2 aromatic heterocycles. The van der Waals surface area contributed by atoms with Crippen molar-refractivity contribution in [2.24, 2.45) is 0 Å². The number of anilines is 1. The highest BCUT2D eigenvalue weighted by molar-refractivity contribution is 5.80. The van der Waals surface area contributed by atoms with Crippen LogP contribution in [0.15, 0.2) is 42.6 Å². The van der Waals surface area contributed by atoms with Gasteiger partial charge in [-0.05, 0) is 45.0 Å². The fraction of sp³-hybridized carbons (Fsp3) is 0.400. The lowest BCUT2D eigenvalue weighted by atomic mass is 10.2. The van der Waals surface area contributed by atoms with Gasteiger partial charge in [0, 0.05) is 36.4 Å². The van der Waals surface area contributed by atoms with Gasteiger partial charge in [-0.25, -0.2) is 9.97 Å². The second kappa shape index (κ2) is 7.33. The van der Waals surface area contributed by atoms with Crippen molar-refractivity contribution in [3.05, 3.63) is 54.1 Å². The highest BCUT2D eigenvalue weighted by Gasteiger charge is 2.27. The molecule has 0 radical (unpaired) electrons. The third-order valence-corrected chi connectivity index (χ3v) is 5.00. The van der Waals surface area contributed by atoms with E-state index in [-0.39, 0.29) is 0 Å². The molecule has 4 rings (SSSR count). The molecule has 1 fully saturated rings. The summed E-state index contributed by atoms with van der Waals surface area (Å²) in [4.78, 5) is 14.1.